The Bertz CT molecular complexity index is 803. The van der Waals surface area contributed by atoms with E-state index < -0.39 is 0 Å². The van der Waals surface area contributed by atoms with Crippen molar-refractivity contribution in [2.45, 2.75) is 0 Å². The lowest BCUT2D eigenvalue weighted by Gasteiger charge is -2.08. The summed E-state index contributed by atoms with van der Waals surface area (Å²) in [5, 5.41) is 5.46. The largest absolute Gasteiger partial charge is 0.497 e. The van der Waals surface area contributed by atoms with Crippen molar-refractivity contribution in [1.29, 1.82) is 0 Å². The molecule has 0 aliphatic heterocycles. The molecule has 0 saturated heterocycles. The molecule has 112 valence electrons. The van der Waals surface area contributed by atoms with Crippen LogP contribution in [-0.2, 0) is 4.79 Å². The summed E-state index contributed by atoms with van der Waals surface area (Å²) in [6, 6.07) is 8.99. The van der Waals surface area contributed by atoms with Gasteiger partial charge in [0, 0.05) is 11.8 Å². The highest BCUT2D eigenvalue weighted by molar-refractivity contribution is 7.16. The molecular formula is C15H13N3O3S. The van der Waals surface area contributed by atoms with Gasteiger partial charge >= 0.3 is 0 Å². The number of fused-ring (bicyclic) bond motifs is 1. The van der Waals surface area contributed by atoms with E-state index in [-0.39, 0.29) is 12.5 Å². The van der Waals surface area contributed by atoms with Crippen LogP contribution < -0.4 is 14.8 Å². The number of hydrogen-bond donors (Lipinski definition) is 1. The molecule has 0 aliphatic rings. The second kappa shape index (κ2) is 6.40. The molecule has 22 heavy (non-hydrogen) atoms. The number of thiophene rings is 1. The van der Waals surface area contributed by atoms with Gasteiger partial charge in [0.05, 0.1) is 12.5 Å². The van der Waals surface area contributed by atoms with Crippen LogP contribution in [0.4, 0.5) is 5.69 Å². The summed E-state index contributed by atoms with van der Waals surface area (Å²) < 4.78 is 10.6. The fourth-order valence-corrected chi connectivity index (χ4v) is 2.64. The Balaban J connectivity index is 1.63. The molecule has 6 nitrogen and oxygen atoms in total. The first-order chi connectivity index (χ1) is 10.8. The van der Waals surface area contributed by atoms with E-state index in [1.165, 1.54) is 17.7 Å². The minimum absolute atomic E-state index is 0.126. The molecule has 0 unspecified atom stereocenters. The first-order valence-corrected chi connectivity index (χ1v) is 7.39. The number of hydrogen-bond acceptors (Lipinski definition) is 6. The molecule has 2 heterocycles. The molecule has 0 fully saturated rings. The van der Waals surface area contributed by atoms with Gasteiger partial charge in [0.2, 0.25) is 5.88 Å². The van der Waals surface area contributed by atoms with Crippen LogP contribution >= 0.6 is 11.3 Å². The van der Waals surface area contributed by atoms with E-state index in [1.807, 2.05) is 11.4 Å². The van der Waals surface area contributed by atoms with E-state index in [0.29, 0.717) is 17.3 Å². The number of nitrogens with zero attached hydrogens (tertiary/aromatic N) is 2. The number of benzene rings is 1. The fraction of sp³-hybridized carbons (Fsp3) is 0.133. The first-order valence-electron chi connectivity index (χ1n) is 6.51. The number of carbonyl (C=O) groups excluding carboxylic acids is 1. The predicted molar refractivity (Wildman–Crippen MR) is 84.5 cm³/mol. The summed E-state index contributed by atoms with van der Waals surface area (Å²) in [7, 11) is 1.57. The fourth-order valence-electron chi connectivity index (χ4n) is 1.91. The zero-order valence-corrected chi connectivity index (χ0v) is 12.6. The van der Waals surface area contributed by atoms with Gasteiger partial charge in [-0.1, -0.05) is 6.07 Å². The summed E-state index contributed by atoms with van der Waals surface area (Å²) in [6.07, 6.45) is 1.42. The predicted octanol–water partition coefficient (Wildman–Crippen LogP) is 2.72. The summed E-state index contributed by atoms with van der Waals surface area (Å²) in [4.78, 5) is 21.0. The Labute approximate surface area is 130 Å². The van der Waals surface area contributed by atoms with Crippen molar-refractivity contribution >= 4 is 33.1 Å². The Kier molecular flexibility index (Phi) is 4.15. The molecule has 0 saturated carbocycles. The minimum atomic E-state index is -0.268. The van der Waals surface area contributed by atoms with Crippen molar-refractivity contribution in [3.05, 3.63) is 42.0 Å². The first kappa shape index (κ1) is 14.3. The molecule has 0 spiro atoms. The quantitative estimate of drug-likeness (QED) is 0.783. The van der Waals surface area contributed by atoms with Gasteiger partial charge in [-0.15, -0.1) is 11.3 Å². The lowest BCUT2D eigenvalue weighted by atomic mass is 10.3. The van der Waals surface area contributed by atoms with E-state index in [0.717, 1.165) is 10.2 Å². The van der Waals surface area contributed by atoms with Gasteiger partial charge in [0.1, 0.15) is 16.9 Å². The Hall–Kier alpha value is -2.67. The van der Waals surface area contributed by atoms with E-state index in [4.69, 9.17) is 9.47 Å². The molecular weight excluding hydrogens is 302 g/mol. The van der Waals surface area contributed by atoms with Gasteiger partial charge in [0.15, 0.2) is 6.61 Å². The summed E-state index contributed by atoms with van der Waals surface area (Å²) >= 11 is 1.50. The maximum atomic E-state index is 11.9. The molecule has 2 aromatic heterocycles. The van der Waals surface area contributed by atoms with Crippen molar-refractivity contribution in [2.75, 3.05) is 19.0 Å². The lowest BCUT2D eigenvalue weighted by molar-refractivity contribution is -0.118. The van der Waals surface area contributed by atoms with Crippen molar-refractivity contribution in [3.8, 4) is 11.6 Å². The number of aromatic nitrogens is 2. The molecule has 0 atom stereocenters. The molecule has 0 radical (unpaired) electrons. The molecule has 7 heteroatoms. The smallest absolute Gasteiger partial charge is 0.262 e. The highest BCUT2D eigenvalue weighted by Gasteiger charge is 2.09. The number of rotatable bonds is 5. The molecule has 0 bridgehead atoms. The topological polar surface area (TPSA) is 73.3 Å². The van der Waals surface area contributed by atoms with Gasteiger partial charge in [-0.25, -0.2) is 9.97 Å². The zero-order valence-electron chi connectivity index (χ0n) is 11.8. The lowest BCUT2D eigenvalue weighted by Crippen LogP contribution is -2.20. The number of methoxy groups -OCH3 is 1. The Morgan fingerprint density at radius 3 is 3.09 bits per heavy atom. The standard InChI is InChI=1S/C15H13N3O3S/c1-20-11-4-2-3-10(7-11)18-13(19)8-21-14-12-5-6-22-15(12)17-9-16-14/h2-7,9H,8H2,1H3,(H,18,19). The third-order valence-corrected chi connectivity index (χ3v) is 3.74. The summed E-state index contributed by atoms with van der Waals surface area (Å²) in [5.74, 6) is 0.816. The van der Waals surface area contributed by atoms with Crippen molar-refractivity contribution in [2.24, 2.45) is 0 Å². The van der Waals surface area contributed by atoms with Crippen LogP contribution in [0.2, 0.25) is 0 Å². The van der Waals surface area contributed by atoms with E-state index >= 15 is 0 Å². The van der Waals surface area contributed by atoms with Gasteiger partial charge in [-0.05, 0) is 23.6 Å². The highest BCUT2D eigenvalue weighted by atomic mass is 32.1. The highest BCUT2D eigenvalue weighted by Crippen LogP contribution is 2.25. The van der Waals surface area contributed by atoms with E-state index in [9.17, 15) is 4.79 Å². The van der Waals surface area contributed by atoms with E-state index in [1.54, 1.807) is 31.4 Å². The summed E-state index contributed by atoms with van der Waals surface area (Å²) in [6.45, 7) is -0.126. The number of amides is 1. The van der Waals surface area contributed by atoms with Crippen LogP contribution in [0.15, 0.2) is 42.0 Å². The molecule has 1 aromatic carbocycles. The van der Waals surface area contributed by atoms with Crippen molar-refractivity contribution in [3.63, 3.8) is 0 Å². The third-order valence-electron chi connectivity index (χ3n) is 2.92. The van der Waals surface area contributed by atoms with Crippen LogP contribution in [0.3, 0.4) is 0 Å². The third kappa shape index (κ3) is 3.15. The number of anilines is 1. The van der Waals surface area contributed by atoms with Crippen molar-refractivity contribution < 1.29 is 14.3 Å². The second-order valence-corrected chi connectivity index (χ2v) is 5.28. The average Bonchev–Trinajstić information content (AvgIpc) is 3.02. The van der Waals surface area contributed by atoms with Gasteiger partial charge < -0.3 is 14.8 Å². The van der Waals surface area contributed by atoms with E-state index in [2.05, 4.69) is 15.3 Å². The molecule has 3 rings (SSSR count). The maximum absolute atomic E-state index is 11.9. The molecule has 0 aliphatic carbocycles. The van der Waals surface area contributed by atoms with Crippen LogP contribution in [-0.4, -0.2) is 29.6 Å². The maximum Gasteiger partial charge on any atom is 0.262 e. The zero-order chi connectivity index (χ0) is 15.4. The monoisotopic (exact) mass is 315 g/mol. The normalized spacial score (nSPS) is 10.4. The SMILES string of the molecule is COc1cccc(NC(=O)COc2ncnc3sccc23)c1. The van der Waals surface area contributed by atoms with Crippen LogP contribution in [0, 0.1) is 0 Å². The van der Waals surface area contributed by atoms with Gasteiger partial charge in [0.25, 0.3) is 5.91 Å². The number of ether oxygens (including phenoxy) is 2. The van der Waals surface area contributed by atoms with Crippen LogP contribution in [0.25, 0.3) is 10.2 Å². The average molecular weight is 315 g/mol. The number of carbonyl (C=O) groups is 1. The van der Waals surface area contributed by atoms with Gasteiger partial charge in [-0.2, -0.15) is 0 Å². The second-order valence-electron chi connectivity index (χ2n) is 4.39. The van der Waals surface area contributed by atoms with Gasteiger partial charge in [-0.3, -0.25) is 4.79 Å². The molecule has 1 N–H and O–H groups in total. The molecule has 1 amide bonds. The summed E-state index contributed by atoms with van der Waals surface area (Å²) in [5.41, 5.74) is 0.649. The van der Waals surface area contributed by atoms with Crippen LogP contribution in [0.5, 0.6) is 11.6 Å². The van der Waals surface area contributed by atoms with Crippen LogP contribution in [0.1, 0.15) is 0 Å². The van der Waals surface area contributed by atoms with Crippen molar-refractivity contribution in [1.82, 2.24) is 9.97 Å². The minimum Gasteiger partial charge on any atom is -0.497 e. The molecule has 3 aromatic rings. The Morgan fingerprint density at radius 1 is 1.32 bits per heavy atom. The Morgan fingerprint density at radius 2 is 2.23 bits per heavy atom. The number of nitrogens with one attached hydrogen (secondary N) is 1.